The number of benzene rings is 1. The monoisotopic (exact) mass is 359 g/mol. The molecule has 1 atom stereocenters. The Kier molecular flexibility index (Phi) is 5.75. The zero-order valence-corrected chi connectivity index (χ0v) is 15.9. The van der Waals surface area contributed by atoms with Crippen LogP contribution < -0.4 is 0 Å². The van der Waals surface area contributed by atoms with E-state index in [2.05, 4.69) is 22.0 Å². The van der Waals surface area contributed by atoms with E-state index in [0.717, 1.165) is 49.3 Å². The zero-order valence-electron chi connectivity index (χ0n) is 15.1. The molecular formula is C18H25N5OS. The molecule has 7 heteroatoms. The van der Waals surface area contributed by atoms with Crippen LogP contribution in [0.15, 0.2) is 35.5 Å². The number of likely N-dealkylation sites (N-methyl/N-ethyl adjacent to an activating group) is 1. The van der Waals surface area contributed by atoms with Gasteiger partial charge in [-0.2, -0.15) is 0 Å². The van der Waals surface area contributed by atoms with Gasteiger partial charge in [-0.05, 0) is 13.5 Å². The van der Waals surface area contributed by atoms with Gasteiger partial charge in [-0.25, -0.2) is 0 Å². The third-order valence-electron chi connectivity index (χ3n) is 4.63. The molecule has 1 amide bonds. The van der Waals surface area contributed by atoms with Gasteiger partial charge in [0, 0.05) is 38.8 Å². The fourth-order valence-electron chi connectivity index (χ4n) is 3.01. The van der Waals surface area contributed by atoms with Gasteiger partial charge in [-0.3, -0.25) is 4.79 Å². The van der Waals surface area contributed by atoms with Gasteiger partial charge in [0.1, 0.15) is 0 Å². The van der Waals surface area contributed by atoms with E-state index in [1.807, 2.05) is 53.8 Å². The van der Waals surface area contributed by atoms with Gasteiger partial charge in [-0.1, -0.05) is 49.0 Å². The number of aromatic nitrogens is 3. The Hall–Kier alpha value is -1.86. The van der Waals surface area contributed by atoms with Crippen LogP contribution in [0, 0.1) is 0 Å². The van der Waals surface area contributed by atoms with E-state index in [9.17, 15) is 4.79 Å². The summed E-state index contributed by atoms with van der Waals surface area (Å²) < 4.78 is 1.96. The molecule has 3 rings (SSSR count). The Bertz CT molecular complexity index is 710. The SMILES string of the molecule is CCN1CCN(C(=O)C(C)Sc2nnc(-c3ccccc3)n2C)CC1. The lowest BCUT2D eigenvalue weighted by Crippen LogP contribution is -2.50. The number of hydrogen-bond acceptors (Lipinski definition) is 5. The van der Waals surface area contributed by atoms with Crippen LogP contribution in [0.1, 0.15) is 13.8 Å². The average Bonchev–Trinajstić information content (AvgIpc) is 3.02. The first kappa shape index (κ1) is 17.9. The first-order valence-corrected chi connectivity index (χ1v) is 9.60. The lowest BCUT2D eigenvalue weighted by molar-refractivity contribution is -0.132. The fourth-order valence-corrected chi connectivity index (χ4v) is 3.90. The van der Waals surface area contributed by atoms with Gasteiger partial charge in [0.25, 0.3) is 0 Å². The highest BCUT2D eigenvalue weighted by molar-refractivity contribution is 8.00. The molecule has 0 saturated carbocycles. The number of piperazine rings is 1. The summed E-state index contributed by atoms with van der Waals surface area (Å²) in [7, 11) is 1.95. The second-order valence-electron chi connectivity index (χ2n) is 6.25. The van der Waals surface area contributed by atoms with Gasteiger partial charge in [-0.15, -0.1) is 10.2 Å². The molecule has 1 saturated heterocycles. The molecule has 1 fully saturated rings. The summed E-state index contributed by atoms with van der Waals surface area (Å²) in [5.41, 5.74) is 1.03. The Labute approximate surface area is 153 Å². The molecule has 1 unspecified atom stereocenters. The molecule has 25 heavy (non-hydrogen) atoms. The molecule has 0 N–H and O–H groups in total. The molecule has 1 aromatic carbocycles. The summed E-state index contributed by atoms with van der Waals surface area (Å²) in [6, 6.07) is 9.98. The highest BCUT2D eigenvalue weighted by Crippen LogP contribution is 2.26. The molecule has 1 aromatic heterocycles. The van der Waals surface area contributed by atoms with E-state index in [0.29, 0.717) is 0 Å². The largest absolute Gasteiger partial charge is 0.339 e. The van der Waals surface area contributed by atoms with E-state index >= 15 is 0 Å². The number of hydrogen-bond donors (Lipinski definition) is 0. The van der Waals surface area contributed by atoms with Crippen molar-refractivity contribution in [2.75, 3.05) is 32.7 Å². The number of thioether (sulfide) groups is 1. The van der Waals surface area contributed by atoms with Crippen LogP contribution in [0.25, 0.3) is 11.4 Å². The highest BCUT2D eigenvalue weighted by atomic mass is 32.2. The maximum Gasteiger partial charge on any atom is 0.235 e. The second-order valence-corrected chi connectivity index (χ2v) is 7.56. The Morgan fingerprint density at radius 3 is 2.48 bits per heavy atom. The van der Waals surface area contributed by atoms with Crippen LogP contribution in [0.2, 0.25) is 0 Å². The van der Waals surface area contributed by atoms with Crippen LogP contribution in [-0.2, 0) is 11.8 Å². The normalized spacial score (nSPS) is 16.8. The van der Waals surface area contributed by atoms with Crippen molar-refractivity contribution in [1.82, 2.24) is 24.6 Å². The number of nitrogens with zero attached hydrogens (tertiary/aromatic N) is 5. The summed E-state index contributed by atoms with van der Waals surface area (Å²) in [4.78, 5) is 17.1. The number of amides is 1. The maximum absolute atomic E-state index is 12.7. The third kappa shape index (κ3) is 4.04. The minimum atomic E-state index is -0.167. The molecule has 6 nitrogen and oxygen atoms in total. The van der Waals surface area contributed by atoms with E-state index in [4.69, 9.17) is 0 Å². The Balaban J connectivity index is 1.64. The van der Waals surface area contributed by atoms with Crippen LogP contribution in [-0.4, -0.2) is 68.4 Å². The molecule has 134 valence electrons. The van der Waals surface area contributed by atoms with Crippen molar-refractivity contribution in [3.63, 3.8) is 0 Å². The molecule has 1 aliphatic heterocycles. The lowest BCUT2D eigenvalue weighted by atomic mass is 10.2. The molecule has 0 spiro atoms. The molecular weight excluding hydrogens is 334 g/mol. The summed E-state index contributed by atoms with van der Waals surface area (Å²) >= 11 is 1.48. The average molecular weight is 359 g/mol. The smallest absolute Gasteiger partial charge is 0.235 e. The molecule has 1 aliphatic rings. The standard InChI is InChI=1S/C18H25N5OS/c1-4-22-10-12-23(13-11-22)17(24)14(2)25-18-20-19-16(21(18)3)15-8-6-5-7-9-15/h5-9,14H,4,10-13H2,1-3H3. The summed E-state index contributed by atoms with van der Waals surface area (Å²) in [5, 5.41) is 9.18. The van der Waals surface area contributed by atoms with E-state index < -0.39 is 0 Å². The van der Waals surface area contributed by atoms with Crippen molar-refractivity contribution in [1.29, 1.82) is 0 Å². The highest BCUT2D eigenvalue weighted by Gasteiger charge is 2.26. The predicted molar refractivity (Wildman–Crippen MR) is 100 cm³/mol. The van der Waals surface area contributed by atoms with Gasteiger partial charge in [0.2, 0.25) is 5.91 Å². The van der Waals surface area contributed by atoms with Crippen LogP contribution in [0.4, 0.5) is 0 Å². The summed E-state index contributed by atoms with van der Waals surface area (Å²) in [6.45, 7) is 8.71. The maximum atomic E-state index is 12.7. The summed E-state index contributed by atoms with van der Waals surface area (Å²) in [5.74, 6) is 1.00. The van der Waals surface area contributed by atoms with Crippen molar-refractivity contribution < 1.29 is 4.79 Å². The number of carbonyl (C=O) groups excluding carboxylic acids is 1. The van der Waals surface area contributed by atoms with Crippen molar-refractivity contribution in [3.8, 4) is 11.4 Å². The quantitative estimate of drug-likeness (QED) is 0.766. The first-order valence-electron chi connectivity index (χ1n) is 8.72. The number of carbonyl (C=O) groups is 1. The molecule has 2 heterocycles. The Morgan fingerprint density at radius 1 is 1.16 bits per heavy atom. The second kappa shape index (κ2) is 8.01. The van der Waals surface area contributed by atoms with Crippen LogP contribution in [0.3, 0.4) is 0 Å². The first-order chi connectivity index (χ1) is 12.1. The zero-order chi connectivity index (χ0) is 17.8. The molecule has 0 aliphatic carbocycles. The fraction of sp³-hybridized carbons (Fsp3) is 0.500. The van der Waals surface area contributed by atoms with Gasteiger partial charge < -0.3 is 14.4 Å². The topological polar surface area (TPSA) is 54.3 Å². The van der Waals surface area contributed by atoms with Gasteiger partial charge in [0.15, 0.2) is 11.0 Å². The van der Waals surface area contributed by atoms with E-state index in [-0.39, 0.29) is 11.2 Å². The van der Waals surface area contributed by atoms with Gasteiger partial charge >= 0.3 is 0 Å². The minimum absolute atomic E-state index is 0.167. The molecule has 2 aromatic rings. The van der Waals surface area contributed by atoms with Crippen molar-refractivity contribution in [3.05, 3.63) is 30.3 Å². The summed E-state index contributed by atoms with van der Waals surface area (Å²) in [6.07, 6.45) is 0. The number of rotatable bonds is 5. The van der Waals surface area contributed by atoms with Gasteiger partial charge in [0.05, 0.1) is 5.25 Å². The van der Waals surface area contributed by atoms with Crippen molar-refractivity contribution >= 4 is 17.7 Å². The lowest BCUT2D eigenvalue weighted by Gasteiger charge is -2.35. The Morgan fingerprint density at radius 2 is 1.84 bits per heavy atom. The van der Waals surface area contributed by atoms with Crippen molar-refractivity contribution in [2.24, 2.45) is 7.05 Å². The minimum Gasteiger partial charge on any atom is -0.339 e. The van der Waals surface area contributed by atoms with E-state index in [1.165, 1.54) is 11.8 Å². The van der Waals surface area contributed by atoms with Crippen LogP contribution in [0.5, 0.6) is 0 Å². The molecule has 0 radical (unpaired) electrons. The van der Waals surface area contributed by atoms with E-state index in [1.54, 1.807) is 0 Å². The third-order valence-corrected chi connectivity index (χ3v) is 5.75. The van der Waals surface area contributed by atoms with Crippen LogP contribution >= 0.6 is 11.8 Å². The van der Waals surface area contributed by atoms with Crippen molar-refractivity contribution in [2.45, 2.75) is 24.3 Å². The molecule has 0 bridgehead atoms. The predicted octanol–water partition coefficient (Wildman–Crippen LogP) is 2.13.